The van der Waals surface area contributed by atoms with Crippen molar-refractivity contribution in [3.63, 3.8) is 0 Å². The van der Waals surface area contributed by atoms with Crippen molar-refractivity contribution in [1.82, 2.24) is 9.62 Å². The van der Waals surface area contributed by atoms with Crippen molar-refractivity contribution < 1.29 is 17.9 Å². The number of carbonyl (C=O) groups is 1. The molecule has 0 radical (unpaired) electrons. The summed E-state index contributed by atoms with van der Waals surface area (Å²) >= 11 is 0. The van der Waals surface area contributed by atoms with E-state index in [-0.39, 0.29) is 17.5 Å². The maximum Gasteiger partial charge on any atom is 0.338 e. The van der Waals surface area contributed by atoms with E-state index in [1.807, 2.05) is 6.92 Å². The molecule has 6 nitrogen and oxygen atoms in total. The fourth-order valence-corrected chi connectivity index (χ4v) is 3.85. The molecule has 0 spiro atoms. The van der Waals surface area contributed by atoms with E-state index in [2.05, 4.69) is 5.32 Å². The van der Waals surface area contributed by atoms with Crippen LogP contribution in [0.2, 0.25) is 0 Å². The van der Waals surface area contributed by atoms with E-state index in [9.17, 15) is 13.2 Å². The van der Waals surface area contributed by atoms with Gasteiger partial charge >= 0.3 is 5.97 Å². The van der Waals surface area contributed by atoms with Gasteiger partial charge in [0.25, 0.3) is 0 Å². The smallest absolute Gasteiger partial charge is 0.338 e. The van der Waals surface area contributed by atoms with Crippen LogP contribution in [0.5, 0.6) is 0 Å². The number of rotatable bonds is 6. The molecular weight excluding hydrogens is 292 g/mol. The number of sulfonamides is 1. The summed E-state index contributed by atoms with van der Waals surface area (Å²) in [6, 6.07) is 5.88. The second-order valence-corrected chi connectivity index (χ2v) is 6.66. The minimum Gasteiger partial charge on any atom is -0.462 e. The highest BCUT2D eigenvalue weighted by molar-refractivity contribution is 7.89. The summed E-state index contributed by atoms with van der Waals surface area (Å²) < 4.78 is 31.5. The Bertz CT molecular complexity index is 594. The van der Waals surface area contributed by atoms with Gasteiger partial charge in [-0.3, -0.25) is 0 Å². The fourth-order valence-electron chi connectivity index (χ4n) is 2.21. The van der Waals surface area contributed by atoms with Crippen LogP contribution in [0, 0.1) is 0 Å². The molecule has 1 aliphatic rings. The third-order valence-electron chi connectivity index (χ3n) is 3.45. The predicted octanol–water partition coefficient (Wildman–Crippen LogP) is 0.846. The Labute approximate surface area is 125 Å². The molecular formula is C14H20N2O4S. The van der Waals surface area contributed by atoms with Crippen LogP contribution in [0.1, 0.15) is 24.2 Å². The molecule has 1 aromatic rings. The molecule has 0 amide bonds. The molecule has 1 heterocycles. The molecule has 1 aromatic carbocycles. The van der Waals surface area contributed by atoms with Crippen LogP contribution in [-0.4, -0.2) is 51.0 Å². The van der Waals surface area contributed by atoms with E-state index in [1.54, 1.807) is 6.92 Å². The van der Waals surface area contributed by atoms with E-state index >= 15 is 0 Å². The summed E-state index contributed by atoms with van der Waals surface area (Å²) in [6.45, 7) is 5.61. The summed E-state index contributed by atoms with van der Waals surface area (Å²) in [5.41, 5.74) is 0.351. The van der Waals surface area contributed by atoms with Gasteiger partial charge in [0, 0.05) is 25.7 Å². The number of benzene rings is 1. The van der Waals surface area contributed by atoms with E-state index < -0.39 is 16.0 Å². The average Bonchev–Trinajstić information content (AvgIpc) is 2.42. The highest BCUT2D eigenvalue weighted by atomic mass is 32.2. The Morgan fingerprint density at radius 1 is 1.29 bits per heavy atom. The van der Waals surface area contributed by atoms with Crippen molar-refractivity contribution in [1.29, 1.82) is 0 Å². The second-order valence-electron chi connectivity index (χ2n) is 4.77. The third kappa shape index (κ3) is 3.25. The Balaban J connectivity index is 2.22. The Kier molecular flexibility index (Phi) is 4.97. The molecule has 0 unspecified atom stereocenters. The summed E-state index contributed by atoms with van der Waals surface area (Å²) in [5.74, 6) is -0.447. The number of hydrogen-bond donors (Lipinski definition) is 1. The van der Waals surface area contributed by atoms with Crippen molar-refractivity contribution >= 4 is 16.0 Å². The Hall–Kier alpha value is -1.44. The number of nitrogens with zero attached hydrogens (tertiary/aromatic N) is 1. The minimum atomic E-state index is -3.52. The van der Waals surface area contributed by atoms with Gasteiger partial charge in [-0.25, -0.2) is 13.2 Å². The molecule has 0 aliphatic carbocycles. The van der Waals surface area contributed by atoms with Crippen molar-refractivity contribution in [2.24, 2.45) is 0 Å². The maximum atomic E-state index is 12.6. The Morgan fingerprint density at radius 3 is 2.33 bits per heavy atom. The van der Waals surface area contributed by atoms with Gasteiger partial charge in [0.15, 0.2) is 0 Å². The van der Waals surface area contributed by atoms with Gasteiger partial charge in [0.2, 0.25) is 10.0 Å². The molecule has 1 N–H and O–H groups in total. The van der Waals surface area contributed by atoms with Crippen LogP contribution < -0.4 is 5.32 Å². The normalized spacial score (nSPS) is 15.8. The van der Waals surface area contributed by atoms with Gasteiger partial charge in [-0.2, -0.15) is 4.31 Å². The largest absolute Gasteiger partial charge is 0.462 e. The van der Waals surface area contributed by atoms with Crippen LogP contribution in [-0.2, 0) is 14.8 Å². The highest BCUT2D eigenvalue weighted by Gasteiger charge is 2.33. The molecule has 2 rings (SSSR count). The fraction of sp³-hybridized carbons (Fsp3) is 0.500. The highest BCUT2D eigenvalue weighted by Crippen LogP contribution is 2.20. The summed E-state index contributed by atoms with van der Waals surface area (Å²) in [5, 5.41) is 3.07. The van der Waals surface area contributed by atoms with E-state index in [1.165, 1.54) is 28.6 Å². The molecule has 1 fully saturated rings. The quantitative estimate of drug-likeness (QED) is 0.788. The first-order valence-corrected chi connectivity index (χ1v) is 8.44. The number of nitrogens with one attached hydrogen (secondary N) is 1. The van der Waals surface area contributed by atoms with E-state index in [0.717, 1.165) is 0 Å². The number of esters is 1. The zero-order chi connectivity index (χ0) is 15.5. The van der Waals surface area contributed by atoms with Crippen LogP contribution in [0.15, 0.2) is 29.2 Å². The summed E-state index contributed by atoms with van der Waals surface area (Å²) in [7, 11) is -3.52. The predicted molar refractivity (Wildman–Crippen MR) is 78.6 cm³/mol. The first-order valence-electron chi connectivity index (χ1n) is 7.00. The summed E-state index contributed by atoms with van der Waals surface area (Å²) in [4.78, 5) is 11.8. The zero-order valence-corrected chi connectivity index (χ0v) is 13.0. The molecule has 0 bridgehead atoms. The lowest BCUT2D eigenvalue weighted by Gasteiger charge is -2.36. The lowest BCUT2D eigenvalue weighted by molar-refractivity contribution is 0.0526. The van der Waals surface area contributed by atoms with Crippen molar-refractivity contribution in [2.45, 2.75) is 24.8 Å². The van der Waals surface area contributed by atoms with Crippen molar-refractivity contribution in [3.8, 4) is 0 Å². The molecule has 1 saturated heterocycles. The third-order valence-corrected chi connectivity index (χ3v) is 5.49. The molecule has 7 heteroatoms. The number of likely N-dealkylation sites (N-methyl/N-ethyl adjacent to an activating group) is 1. The van der Waals surface area contributed by atoms with Gasteiger partial charge in [-0.15, -0.1) is 0 Å². The lowest BCUT2D eigenvalue weighted by atomic mass is 10.2. The van der Waals surface area contributed by atoms with Crippen molar-refractivity contribution in [2.75, 3.05) is 26.2 Å². The van der Waals surface area contributed by atoms with Crippen LogP contribution in [0.3, 0.4) is 0 Å². The molecule has 21 heavy (non-hydrogen) atoms. The van der Waals surface area contributed by atoms with Crippen LogP contribution in [0.25, 0.3) is 0 Å². The molecule has 0 saturated carbocycles. The van der Waals surface area contributed by atoms with Crippen LogP contribution in [0.4, 0.5) is 0 Å². The topological polar surface area (TPSA) is 75.7 Å². The molecule has 116 valence electrons. The van der Waals surface area contributed by atoms with Gasteiger partial charge < -0.3 is 10.1 Å². The average molecular weight is 312 g/mol. The lowest BCUT2D eigenvalue weighted by Crippen LogP contribution is -2.58. The number of ether oxygens (including phenoxy) is 1. The van der Waals surface area contributed by atoms with Gasteiger partial charge in [-0.1, -0.05) is 6.92 Å². The molecule has 0 aromatic heterocycles. The van der Waals surface area contributed by atoms with Crippen LogP contribution >= 0.6 is 0 Å². The van der Waals surface area contributed by atoms with Gasteiger partial charge in [-0.05, 0) is 31.2 Å². The number of hydrogen-bond acceptors (Lipinski definition) is 5. The Morgan fingerprint density at radius 2 is 1.90 bits per heavy atom. The standard InChI is InChI=1S/C14H20N2O4S/c1-3-16(12-9-15-10-12)21(18,19)13-7-5-11(6-8-13)14(17)20-4-2/h5-8,12,15H,3-4,9-10H2,1-2H3. The van der Waals surface area contributed by atoms with E-state index in [4.69, 9.17) is 4.74 Å². The SMILES string of the molecule is CCOC(=O)c1ccc(S(=O)(=O)N(CC)C2CNC2)cc1. The zero-order valence-electron chi connectivity index (χ0n) is 12.2. The maximum absolute atomic E-state index is 12.6. The summed E-state index contributed by atoms with van der Waals surface area (Å²) in [6.07, 6.45) is 0. The first-order chi connectivity index (χ1) is 10.0. The van der Waals surface area contributed by atoms with E-state index in [0.29, 0.717) is 25.2 Å². The van der Waals surface area contributed by atoms with Crippen molar-refractivity contribution in [3.05, 3.63) is 29.8 Å². The number of carbonyl (C=O) groups excluding carboxylic acids is 1. The minimum absolute atomic E-state index is 0.00438. The first kappa shape index (κ1) is 15.9. The molecule has 1 aliphatic heterocycles. The monoisotopic (exact) mass is 312 g/mol. The van der Waals surface area contributed by atoms with Gasteiger partial charge in [0.1, 0.15) is 0 Å². The van der Waals surface area contributed by atoms with Gasteiger partial charge in [0.05, 0.1) is 17.1 Å². The second kappa shape index (κ2) is 6.55. The molecule has 0 atom stereocenters.